The first-order chi connectivity index (χ1) is 11.1. The van der Waals surface area contributed by atoms with Crippen molar-refractivity contribution in [3.63, 3.8) is 0 Å². The van der Waals surface area contributed by atoms with Gasteiger partial charge in [-0.05, 0) is 42.8 Å². The molecule has 2 aromatic rings. The first-order valence-corrected chi connectivity index (χ1v) is 8.14. The molecule has 0 radical (unpaired) electrons. The Morgan fingerprint density at radius 1 is 0.958 bits per heavy atom. The Balaban J connectivity index is 2.15. The number of nitrogens with one attached hydrogen (secondary N) is 2. The predicted octanol–water partition coefficient (Wildman–Crippen LogP) is 3.30. The summed E-state index contributed by atoms with van der Waals surface area (Å²) in [7, 11) is -3.82. The third-order valence-corrected chi connectivity index (χ3v) is 4.58. The topological polar surface area (TPSA) is 75.3 Å². The predicted molar refractivity (Wildman–Crippen MR) is 83.1 cm³/mol. The number of hydrogen-bond acceptors (Lipinski definition) is 3. The highest BCUT2D eigenvalue weighted by atomic mass is 32.2. The number of anilines is 2. The third kappa shape index (κ3) is 4.25. The first kappa shape index (κ1) is 17.8. The average Bonchev–Trinajstić information content (AvgIpc) is 2.48. The fraction of sp³-hybridized carbons (Fsp3) is 0.133. The van der Waals surface area contributed by atoms with Gasteiger partial charge in [-0.2, -0.15) is 13.2 Å². The largest absolute Gasteiger partial charge is 0.471 e. The molecule has 0 spiro atoms. The van der Waals surface area contributed by atoms with Crippen molar-refractivity contribution >= 4 is 27.3 Å². The van der Waals surface area contributed by atoms with Crippen molar-refractivity contribution < 1.29 is 26.4 Å². The second kappa shape index (κ2) is 6.52. The molecule has 0 heterocycles. The number of sulfonamides is 1. The summed E-state index contributed by atoms with van der Waals surface area (Å²) in [5.41, 5.74) is 0.610. The van der Waals surface area contributed by atoms with Crippen molar-refractivity contribution in [3.8, 4) is 0 Å². The number of aryl methyl sites for hydroxylation is 1. The summed E-state index contributed by atoms with van der Waals surface area (Å²) >= 11 is 0. The smallest absolute Gasteiger partial charge is 0.318 e. The van der Waals surface area contributed by atoms with Gasteiger partial charge in [0.05, 0.1) is 4.90 Å². The number of carbonyl (C=O) groups excluding carboxylic acids is 1. The number of alkyl halides is 3. The molecule has 2 N–H and O–H groups in total. The maximum Gasteiger partial charge on any atom is 0.471 e. The van der Waals surface area contributed by atoms with Gasteiger partial charge < -0.3 is 5.32 Å². The van der Waals surface area contributed by atoms with E-state index in [-0.39, 0.29) is 16.3 Å². The van der Waals surface area contributed by atoms with Crippen LogP contribution in [0, 0.1) is 6.92 Å². The van der Waals surface area contributed by atoms with Crippen molar-refractivity contribution in [2.75, 3.05) is 10.0 Å². The van der Waals surface area contributed by atoms with Crippen molar-refractivity contribution in [2.24, 2.45) is 0 Å². The van der Waals surface area contributed by atoms with Gasteiger partial charge >= 0.3 is 12.1 Å². The fourth-order valence-corrected chi connectivity index (χ4v) is 3.20. The van der Waals surface area contributed by atoms with Gasteiger partial charge in [0.15, 0.2) is 0 Å². The van der Waals surface area contributed by atoms with Crippen molar-refractivity contribution in [1.29, 1.82) is 0 Å². The number of halogens is 3. The molecule has 0 bridgehead atoms. The molecule has 1 amide bonds. The molecule has 128 valence electrons. The van der Waals surface area contributed by atoms with Crippen LogP contribution in [0.1, 0.15) is 5.56 Å². The summed E-state index contributed by atoms with van der Waals surface area (Å²) in [6.07, 6.45) is -4.99. The molecule has 0 fully saturated rings. The Morgan fingerprint density at radius 3 is 2.04 bits per heavy atom. The number of amides is 1. The highest BCUT2D eigenvalue weighted by molar-refractivity contribution is 7.92. The molecular weight excluding hydrogens is 345 g/mol. The van der Waals surface area contributed by atoms with Gasteiger partial charge in [0.25, 0.3) is 10.0 Å². The first-order valence-electron chi connectivity index (χ1n) is 6.66. The van der Waals surface area contributed by atoms with E-state index in [1.807, 2.05) is 0 Å². The zero-order valence-electron chi connectivity index (χ0n) is 12.4. The molecule has 24 heavy (non-hydrogen) atoms. The monoisotopic (exact) mass is 358 g/mol. The lowest BCUT2D eigenvalue weighted by Gasteiger charge is -2.11. The summed E-state index contributed by atoms with van der Waals surface area (Å²) in [5, 5.41) is 1.67. The van der Waals surface area contributed by atoms with E-state index < -0.39 is 22.1 Å². The SMILES string of the molecule is Cc1ccccc1S(=O)(=O)Nc1ccc(NC(=O)C(F)(F)F)cc1. The maximum absolute atomic E-state index is 12.3. The Labute approximate surface area is 136 Å². The lowest BCUT2D eigenvalue weighted by molar-refractivity contribution is -0.167. The Bertz CT molecular complexity index is 847. The van der Waals surface area contributed by atoms with E-state index in [4.69, 9.17) is 0 Å². The van der Waals surface area contributed by atoms with E-state index in [1.54, 1.807) is 30.4 Å². The molecule has 0 aromatic heterocycles. The van der Waals surface area contributed by atoms with Gasteiger partial charge in [0.2, 0.25) is 0 Å². The van der Waals surface area contributed by atoms with Gasteiger partial charge in [0.1, 0.15) is 0 Å². The summed E-state index contributed by atoms with van der Waals surface area (Å²) in [6, 6.07) is 11.2. The van der Waals surface area contributed by atoms with E-state index in [0.29, 0.717) is 5.56 Å². The molecule has 0 aliphatic heterocycles. The molecule has 5 nitrogen and oxygen atoms in total. The fourth-order valence-electron chi connectivity index (χ4n) is 1.89. The van der Waals surface area contributed by atoms with E-state index in [1.165, 1.54) is 30.3 Å². The van der Waals surface area contributed by atoms with Crippen LogP contribution in [0.4, 0.5) is 24.5 Å². The molecule has 0 atom stereocenters. The number of hydrogen-bond donors (Lipinski definition) is 2. The quantitative estimate of drug-likeness (QED) is 0.881. The zero-order valence-corrected chi connectivity index (χ0v) is 13.2. The van der Waals surface area contributed by atoms with Crippen LogP contribution in [0.25, 0.3) is 0 Å². The van der Waals surface area contributed by atoms with E-state index >= 15 is 0 Å². The van der Waals surface area contributed by atoms with E-state index in [0.717, 1.165) is 0 Å². The van der Waals surface area contributed by atoms with Crippen LogP contribution in [0.3, 0.4) is 0 Å². The van der Waals surface area contributed by atoms with Crippen molar-refractivity contribution in [2.45, 2.75) is 18.0 Å². The lowest BCUT2D eigenvalue weighted by atomic mass is 10.2. The van der Waals surface area contributed by atoms with E-state index in [9.17, 15) is 26.4 Å². The van der Waals surface area contributed by atoms with Gasteiger partial charge in [-0.15, -0.1) is 0 Å². The Morgan fingerprint density at radius 2 is 1.50 bits per heavy atom. The number of benzene rings is 2. The summed E-state index contributed by atoms with van der Waals surface area (Å²) in [5.74, 6) is -2.10. The summed E-state index contributed by atoms with van der Waals surface area (Å²) < 4.78 is 63.4. The molecule has 0 aliphatic carbocycles. The maximum atomic E-state index is 12.3. The molecular formula is C15H13F3N2O3S. The lowest BCUT2D eigenvalue weighted by Crippen LogP contribution is -2.29. The Kier molecular flexibility index (Phi) is 4.83. The van der Waals surface area contributed by atoms with Crippen molar-refractivity contribution in [1.82, 2.24) is 0 Å². The Hall–Kier alpha value is -2.55. The van der Waals surface area contributed by atoms with Crippen LogP contribution < -0.4 is 10.0 Å². The van der Waals surface area contributed by atoms with E-state index in [2.05, 4.69) is 4.72 Å². The second-order valence-electron chi connectivity index (χ2n) is 4.90. The highest BCUT2D eigenvalue weighted by Crippen LogP contribution is 2.22. The average molecular weight is 358 g/mol. The minimum atomic E-state index is -4.99. The second-order valence-corrected chi connectivity index (χ2v) is 6.55. The molecule has 0 saturated heterocycles. The standard InChI is InChI=1S/C15H13F3N2O3S/c1-10-4-2-3-5-13(10)24(22,23)20-12-8-6-11(7-9-12)19-14(21)15(16,17)18/h2-9,20H,1H3,(H,19,21). The molecule has 9 heteroatoms. The summed E-state index contributed by atoms with van der Waals surface area (Å²) in [4.78, 5) is 10.9. The van der Waals surface area contributed by atoms with Gasteiger partial charge in [-0.1, -0.05) is 18.2 Å². The van der Waals surface area contributed by atoms with Crippen LogP contribution >= 0.6 is 0 Å². The number of carbonyl (C=O) groups is 1. The van der Waals surface area contributed by atoms with Crippen molar-refractivity contribution in [3.05, 3.63) is 54.1 Å². The summed E-state index contributed by atoms with van der Waals surface area (Å²) in [6.45, 7) is 1.64. The molecule has 0 unspecified atom stereocenters. The van der Waals surface area contributed by atoms with Gasteiger partial charge in [0, 0.05) is 11.4 Å². The number of rotatable bonds is 4. The van der Waals surface area contributed by atoms with Crippen LogP contribution in [0.2, 0.25) is 0 Å². The third-order valence-electron chi connectivity index (χ3n) is 3.04. The minimum absolute atomic E-state index is 0.0967. The molecule has 0 aliphatic rings. The van der Waals surface area contributed by atoms with Crippen LogP contribution in [0.15, 0.2) is 53.4 Å². The van der Waals surface area contributed by atoms with Crippen LogP contribution in [0.5, 0.6) is 0 Å². The minimum Gasteiger partial charge on any atom is -0.318 e. The van der Waals surface area contributed by atoms with Crippen LogP contribution in [-0.2, 0) is 14.8 Å². The molecule has 2 rings (SSSR count). The van der Waals surface area contributed by atoms with Crippen LogP contribution in [-0.4, -0.2) is 20.5 Å². The molecule has 2 aromatic carbocycles. The van der Waals surface area contributed by atoms with Gasteiger partial charge in [-0.25, -0.2) is 8.42 Å². The highest BCUT2D eigenvalue weighted by Gasteiger charge is 2.38. The zero-order chi connectivity index (χ0) is 18.0. The normalized spacial score (nSPS) is 11.8. The molecule has 0 saturated carbocycles. The van der Waals surface area contributed by atoms with Gasteiger partial charge in [-0.3, -0.25) is 9.52 Å².